The predicted octanol–water partition coefficient (Wildman–Crippen LogP) is 2.24. The predicted molar refractivity (Wildman–Crippen MR) is 76.8 cm³/mol. The number of aromatic nitrogens is 2. The van der Waals surface area contributed by atoms with Gasteiger partial charge in [0.1, 0.15) is 17.5 Å². The Morgan fingerprint density at radius 1 is 1.11 bits per heavy atom. The van der Waals surface area contributed by atoms with E-state index in [-0.39, 0.29) is 6.61 Å². The summed E-state index contributed by atoms with van der Waals surface area (Å²) in [6.07, 6.45) is 0. The molecular weight excluding hydrogens is 240 g/mol. The lowest BCUT2D eigenvalue weighted by Gasteiger charge is -2.10. The van der Waals surface area contributed by atoms with E-state index in [1.807, 2.05) is 38.1 Å². The van der Waals surface area contributed by atoms with Crippen LogP contribution in [-0.2, 0) is 0 Å². The molecule has 5 nitrogen and oxygen atoms in total. The highest BCUT2D eigenvalue weighted by molar-refractivity contribution is 5.59. The first-order valence-corrected chi connectivity index (χ1v) is 6.21. The topological polar surface area (TPSA) is 70.1 Å². The van der Waals surface area contributed by atoms with Gasteiger partial charge in [-0.3, -0.25) is 0 Å². The number of aliphatic hydroxyl groups excluding tert-OH is 1. The smallest absolute Gasteiger partial charge is 0.136 e. The maximum absolute atomic E-state index is 8.81. The molecule has 0 atom stereocenters. The first-order valence-electron chi connectivity index (χ1n) is 6.21. The molecule has 19 heavy (non-hydrogen) atoms. The van der Waals surface area contributed by atoms with Crippen molar-refractivity contribution in [3.63, 3.8) is 0 Å². The Kier molecular flexibility index (Phi) is 4.30. The van der Waals surface area contributed by atoms with Gasteiger partial charge in [0.15, 0.2) is 0 Å². The van der Waals surface area contributed by atoms with Gasteiger partial charge >= 0.3 is 0 Å². The molecule has 0 saturated heterocycles. The van der Waals surface area contributed by atoms with E-state index < -0.39 is 0 Å². The minimum atomic E-state index is 0.0731. The lowest BCUT2D eigenvalue weighted by Crippen LogP contribution is -2.08. The molecule has 0 spiro atoms. The van der Waals surface area contributed by atoms with Gasteiger partial charge in [-0.2, -0.15) is 0 Å². The van der Waals surface area contributed by atoms with Crippen molar-refractivity contribution in [2.45, 2.75) is 13.8 Å². The standard InChI is InChI=1S/C14H18N4O/c1-10-4-3-5-12(8-10)18-14-9-13(15-6-7-19)16-11(2)17-14/h3-5,8-9,19H,6-7H2,1-2H3,(H2,15,16,17,18). The van der Waals surface area contributed by atoms with E-state index in [1.165, 1.54) is 5.56 Å². The SMILES string of the molecule is Cc1cccc(Nc2cc(NCCO)nc(C)n2)c1. The average molecular weight is 258 g/mol. The number of benzene rings is 1. The van der Waals surface area contributed by atoms with Gasteiger partial charge in [-0.05, 0) is 31.5 Å². The normalized spacial score (nSPS) is 10.3. The summed E-state index contributed by atoms with van der Waals surface area (Å²) in [6.45, 7) is 4.43. The quantitative estimate of drug-likeness (QED) is 0.767. The minimum Gasteiger partial charge on any atom is -0.395 e. The molecule has 1 aromatic carbocycles. The molecule has 0 aliphatic heterocycles. The van der Waals surface area contributed by atoms with Gasteiger partial charge < -0.3 is 15.7 Å². The van der Waals surface area contributed by atoms with Crippen LogP contribution in [0.1, 0.15) is 11.4 Å². The largest absolute Gasteiger partial charge is 0.395 e. The van der Waals surface area contributed by atoms with E-state index in [0.717, 1.165) is 11.5 Å². The van der Waals surface area contributed by atoms with E-state index in [2.05, 4.69) is 26.7 Å². The molecule has 0 aliphatic carbocycles. The molecule has 5 heteroatoms. The van der Waals surface area contributed by atoms with Crippen molar-refractivity contribution in [2.75, 3.05) is 23.8 Å². The monoisotopic (exact) mass is 258 g/mol. The molecule has 0 fully saturated rings. The van der Waals surface area contributed by atoms with Crippen LogP contribution in [0, 0.1) is 13.8 Å². The molecule has 2 rings (SSSR count). The summed E-state index contributed by atoms with van der Waals surface area (Å²) >= 11 is 0. The maximum Gasteiger partial charge on any atom is 0.136 e. The van der Waals surface area contributed by atoms with E-state index in [1.54, 1.807) is 0 Å². The van der Waals surface area contributed by atoms with Crippen molar-refractivity contribution in [3.05, 3.63) is 41.7 Å². The lowest BCUT2D eigenvalue weighted by molar-refractivity contribution is 0.311. The minimum absolute atomic E-state index is 0.0731. The average Bonchev–Trinajstić information content (AvgIpc) is 2.35. The summed E-state index contributed by atoms with van der Waals surface area (Å²) in [5.41, 5.74) is 2.18. The van der Waals surface area contributed by atoms with Crippen LogP contribution in [0.25, 0.3) is 0 Å². The van der Waals surface area contributed by atoms with Crippen LogP contribution in [0.5, 0.6) is 0 Å². The van der Waals surface area contributed by atoms with Crippen LogP contribution in [0.3, 0.4) is 0 Å². The highest BCUT2D eigenvalue weighted by Crippen LogP contribution is 2.18. The third-order valence-electron chi connectivity index (χ3n) is 2.55. The van der Waals surface area contributed by atoms with Gasteiger partial charge in [-0.25, -0.2) is 9.97 Å². The number of aryl methyl sites for hydroxylation is 2. The summed E-state index contributed by atoms with van der Waals surface area (Å²) < 4.78 is 0. The van der Waals surface area contributed by atoms with Crippen molar-refractivity contribution in [1.29, 1.82) is 0 Å². The Balaban J connectivity index is 2.17. The highest BCUT2D eigenvalue weighted by Gasteiger charge is 2.02. The van der Waals surface area contributed by atoms with Gasteiger partial charge in [-0.15, -0.1) is 0 Å². The molecule has 1 heterocycles. The number of hydrogen-bond donors (Lipinski definition) is 3. The summed E-state index contributed by atoms with van der Waals surface area (Å²) in [5.74, 6) is 2.12. The molecule has 0 saturated carbocycles. The van der Waals surface area contributed by atoms with Crippen molar-refractivity contribution in [2.24, 2.45) is 0 Å². The fourth-order valence-electron chi connectivity index (χ4n) is 1.78. The van der Waals surface area contributed by atoms with Crippen molar-refractivity contribution in [1.82, 2.24) is 9.97 Å². The Labute approximate surface area is 112 Å². The number of nitrogens with one attached hydrogen (secondary N) is 2. The molecule has 0 unspecified atom stereocenters. The second-order valence-electron chi connectivity index (χ2n) is 4.33. The van der Waals surface area contributed by atoms with Gasteiger partial charge in [0.2, 0.25) is 0 Å². The van der Waals surface area contributed by atoms with Crippen LogP contribution >= 0.6 is 0 Å². The molecule has 0 bridgehead atoms. The zero-order chi connectivity index (χ0) is 13.7. The van der Waals surface area contributed by atoms with E-state index >= 15 is 0 Å². The fraction of sp³-hybridized carbons (Fsp3) is 0.286. The second-order valence-corrected chi connectivity index (χ2v) is 4.33. The molecule has 3 N–H and O–H groups in total. The molecule has 0 radical (unpaired) electrons. The summed E-state index contributed by atoms with van der Waals surface area (Å²) in [5, 5.41) is 15.1. The van der Waals surface area contributed by atoms with Gasteiger partial charge in [0.05, 0.1) is 6.61 Å². The highest BCUT2D eigenvalue weighted by atomic mass is 16.3. The van der Waals surface area contributed by atoms with Gasteiger partial charge in [-0.1, -0.05) is 12.1 Å². The van der Waals surface area contributed by atoms with Gasteiger partial charge in [0.25, 0.3) is 0 Å². The number of nitrogens with zero attached hydrogens (tertiary/aromatic N) is 2. The zero-order valence-electron chi connectivity index (χ0n) is 11.1. The first kappa shape index (κ1) is 13.3. The second kappa shape index (κ2) is 6.15. The van der Waals surface area contributed by atoms with Crippen molar-refractivity contribution < 1.29 is 5.11 Å². The van der Waals surface area contributed by atoms with Crippen LogP contribution in [-0.4, -0.2) is 28.2 Å². The Morgan fingerprint density at radius 2 is 1.89 bits per heavy atom. The third kappa shape index (κ3) is 3.93. The number of aliphatic hydroxyl groups is 1. The Bertz CT molecular complexity index is 557. The Morgan fingerprint density at radius 3 is 2.63 bits per heavy atom. The molecule has 2 aromatic rings. The van der Waals surface area contributed by atoms with E-state index in [4.69, 9.17) is 5.11 Å². The van der Waals surface area contributed by atoms with Crippen LogP contribution in [0.4, 0.5) is 17.3 Å². The number of anilines is 3. The molecule has 100 valence electrons. The van der Waals surface area contributed by atoms with Crippen LogP contribution in [0.15, 0.2) is 30.3 Å². The van der Waals surface area contributed by atoms with E-state index in [0.29, 0.717) is 18.2 Å². The molecular formula is C14H18N4O. The van der Waals surface area contributed by atoms with Crippen molar-refractivity contribution in [3.8, 4) is 0 Å². The first-order chi connectivity index (χ1) is 9.17. The fourth-order valence-corrected chi connectivity index (χ4v) is 1.78. The van der Waals surface area contributed by atoms with E-state index in [9.17, 15) is 0 Å². The molecule has 1 aromatic heterocycles. The number of hydrogen-bond acceptors (Lipinski definition) is 5. The van der Waals surface area contributed by atoms with Crippen molar-refractivity contribution >= 4 is 17.3 Å². The summed E-state index contributed by atoms with van der Waals surface area (Å²) in [4.78, 5) is 8.60. The molecule has 0 aliphatic rings. The lowest BCUT2D eigenvalue weighted by atomic mass is 10.2. The zero-order valence-corrected chi connectivity index (χ0v) is 11.1. The number of rotatable bonds is 5. The molecule has 0 amide bonds. The van der Waals surface area contributed by atoms with Crippen LogP contribution in [0.2, 0.25) is 0 Å². The summed E-state index contributed by atoms with van der Waals surface area (Å²) in [6, 6.07) is 9.91. The van der Waals surface area contributed by atoms with Gasteiger partial charge in [0, 0.05) is 18.3 Å². The maximum atomic E-state index is 8.81. The van der Waals surface area contributed by atoms with Crippen LogP contribution < -0.4 is 10.6 Å². The summed E-state index contributed by atoms with van der Waals surface area (Å²) in [7, 11) is 0. The third-order valence-corrected chi connectivity index (χ3v) is 2.55. The Hall–Kier alpha value is -2.14.